The molecular formula is C17H23F3N6O2S. The van der Waals surface area contributed by atoms with Crippen LogP contribution >= 0.6 is 11.8 Å². The molecule has 1 unspecified atom stereocenters. The third kappa shape index (κ3) is 4.03. The first kappa shape index (κ1) is 20.3. The molecule has 0 saturated heterocycles. The highest BCUT2D eigenvalue weighted by Crippen LogP contribution is 2.55. The molecule has 4 aliphatic rings. The van der Waals surface area contributed by atoms with E-state index >= 15 is 0 Å². The highest BCUT2D eigenvalue weighted by molar-refractivity contribution is 8.00. The Hall–Kier alpha value is -1.98. The van der Waals surface area contributed by atoms with Gasteiger partial charge in [-0.2, -0.15) is 13.2 Å². The fraction of sp³-hybridized carbons (Fsp3) is 0.765. The number of nitrogens with zero attached hydrogens (tertiary/aromatic N) is 3. The van der Waals surface area contributed by atoms with Crippen LogP contribution in [-0.4, -0.2) is 37.6 Å². The molecule has 0 spiro atoms. The van der Waals surface area contributed by atoms with Gasteiger partial charge in [-0.25, -0.2) is 9.47 Å². The van der Waals surface area contributed by atoms with E-state index < -0.39 is 29.2 Å². The number of urea groups is 1. The van der Waals surface area contributed by atoms with Crippen molar-refractivity contribution >= 4 is 23.7 Å². The normalized spacial score (nSPS) is 31.5. The maximum Gasteiger partial charge on any atom is 0.453 e. The van der Waals surface area contributed by atoms with Crippen molar-refractivity contribution in [2.75, 3.05) is 5.84 Å². The van der Waals surface area contributed by atoms with Crippen molar-refractivity contribution in [3.8, 4) is 0 Å². The van der Waals surface area contributed by atoms with Crippen molar-refractivity contribution in [1.29, 1.82) is 0 Å². The van der Waals surface area contributed by atoms with Crippen molar-refractivity contribution in [2.45, 2.75) is 67.6 Å². The zero-order valence-electron chi connectivity index (χ0n) is 15.8. The van der Waals surface area contributed by atoms with Gasteiger partial charge in [0.1, 0.15) is 0 Å². The van der Waals surface area contributed by atoms with Gasteiger partial charge in [0.15, 0.2) is 0 Å². The van der Waals surface area contributed by atoms with E-state index in [0.29, 0.717) is 34.2 Å². The molecule has 1 atom stereocenters. The lowest BCUT2D eigenvalue weighted by Gasteiger charge is -2.56. The van der Waals surface area contributed by atoms with Crippen LogP contribution in [0.5, 0.6) is 0 Å². The van der Waals surface area contributed by atoms with Gasteiger partial charge in [-0.3, -0.25) is 10.1 Å². The molecule has 160 valence electrons. The van der Waals surface area contributed by atoms with Gasteiger partial charge in [0.25, 0.3) is 5.82 Å². The summed E-state index contributed by atoms with van der Waals surface area (Å²) in [7, 11) is 0. The number of nitrogen functional groups attached to an aromatic ring is 1. The Labute approximate surface area is 169 Å². The van der Waals surface area contributed by atoms with E-state index in [-0.39, 0.29) is 10.7 Å². The number of hydrogen-bond acceptors (Lipinski definition) is 6. The molecule has 3 amide bonds. The topological polar surface area (TPSA) is 115 Å². The number of nitrogens with one attached hydrogen (secondary N) is 2. The maximum absolute atomic E-state index is 12.7. The van der Waals surface area contributed by atoms with Crippen molar-refractivity contribution in [1.82, 2.24) is 25.5 Å². The van der Waals surface area contributed by atoms with E-state index in [1.54, 1.807) is 0 Å². The molecule has 4 aliphatic carbocycles. The van der Waals surface area contributed by atoms with Crippen molar-refractivity contribution in [3.05, 3.63) is 5.82 Å². The maximum atomic E-state index is 12.7. The van der Waals surface area contributed by atoms with Gasteiger partial charge in [-0.1, -0.05) is 11.8 Å². The molecule has 0 radical (unpaired) electrons. The lowest BCUT2D eigenvalue weighted by molar-refractivity contribution is -0.146. The van der Waals surface area contributed by atoms with Crippen molar-refractivity contribution in [3.63, 3.8) is 0 Å². The number of thioether (sulfide) groups is 1. The molecule has 0 aromatic carbocycles. The summed E-state index contributed by atoms with van der Waals surface area (Å²) in [5.74, 6) is 5.32. The molecule has 1 aromatic heterocycles. The molecule has 4 bridgehead atoms. The Morgan fingerprint density at radius 1 is 1.17 bits per heavy atom. The van der Waals surface area contributed by atoms with Crippen LogP contribution in [0.4, 0.5) is 18.0 Å². The Morgan fingerprint density at radius 2 is 1.72 bits per heavy atom. The average molecular weight is 432 g/mol. The van der Waals surface area contributed by atoms with Gasteiger partial charge < -0.3 is 11.2 Å². The predicted octanol–water partition coefficient (Wildman–Crippen LogP) is 2.29. The van der Waals surface area contributed by atoms with Gasteiger partial charge >= 0.3 is 12.2 Å². The number of hydrogen-bond donors (Lipinski definition) is 3. The number of carbonyl (C=O) groups excluding carboxylic acids is 2. The minimum absolute atomic E-state index is 0.242. The van der Waals surface area contributed by atoms with Gasteiger partial charge in [0.2, 0.25) is 11.1 Å². The summed E-state index contributed by atoms with van der Waals surface area (Å²) in [6.07, 6.45) is 1.78. The lowest BCUT2D eigenvalue weighted by atomic mass is 9.53. The van der Waals surface area contributed by atoms with Crippen LogP contribution in [0.2, 0.25) is 0 Å². The molecule has 8 nitrogen and oxygen atoms in total. The highest BCUT2D eigenvalue weighted by Gasteiger charge is 2.51. The van der Waals surface area contributed by atoms with E-state index in [4.69, 9.17) is 5.84 Å². The van der Waals surface area contributed by atoms with Crippen molar-refractivity contribution in [2.24, 2.45) is 17.8 Å². The number of amides is 3. The van der Waals surface area contributed by atoms with Crippen LogP contribution in [0.1, 0.15) is 51.3 Å². The minimum Gasteiger partial charge on any atom is -0.335 e. The predicted molar refractivity (Wildman–Crippen MR) is 98.1 cm³/mol. The Morgan fingerprint density at radius 3 is 2.21 bits per heavy atom. The molecule has 1 aromatic rings. The van der Waals surface area contributed by atoms with E-state index in [1.165, 1.54) is 26.2 Å². The molecular weight excluding hydrogens is 409 g/mol. The van der Waals surface area contributed by atoms with E-state index in [9.17, 15) is 22.8 Å². The van der Waals surface area contributed by atoms with E-state index in [2.05, 4.69) is 20.8 Å². The van der Waals surface area contributed by atoms with Crippen molar-refractivity contribution < 1.29 is 22.8 Å². The molecule has 29 heavy (non-hydrogen) atoms. The zero-order chi connectivity index (χ0) is 21.0. The fourth-order valence-electron chi connectivity index (χ4n) is 5.51. The number of nitrogens with two attached hydrogens (primary N) is 1. The van der Waals surface area contributed by atoms with Crippen LogP contribution in [0.25, 0.3) is 0 Å². The zero-order valence-corrected chi connectivity index (χ0v) is 16.6. The summed E-state index contributed by atoms with van der Waals surface area (Å²) in [5, 5.41) is 10.6. The van der Waals surface area contributed by atoms with E-state index in [0.717, 1.165) is 19.3 Å². The largest absolute Gasteiger partial charge is 0.453 e. The molecule has 0 aliphatic heterocycles. The number of imide groups is 1. The standard InChI is InChI=1S/C17H23F3N6O2S/c1-8(29-15-25-24-13(26(15)21)17(18,19)20)12(27)22-14(28)23-16-5-9-2-10(6-16)4-11(3-9)7-16/h8-11H,2-7,21H2,1H3,(H2,22,23,27,28). The smallest absolute Gasteiger partial charge is 0.335 e. The minimum atomic E-state index is -4.75. The Kier molecular flexibility index (Phi) is 4.94. The van der Waals surface area contributed by atoms with Crippen LogP contribution in [0.3, 0.4) is 0 Å². The average Bonchev–Trinajstić information content (AvgIpc) is 2.93. The van der Waals surface area contributed by atoms with E-state index in [1.807, 2.05) is 0 Å². The quantitative estimate of drug-likeness (QED) is 0.497. The van der Waals surface area contributed by atoms with Gasteiger partial charge in [0, 0.05) is 5.54 Å². The van der Waals surface area contributed by atoms with Crippen LogP contribution in [0.15, 0.2) is 5.16 Å². The van der Waals surface area contributed by atoms with Gasteiger partial charge in [0.05, 0.1) is 5.25 Å². The summed E-state index contributed by atoms with van der Waals surface area (Å²) < 4.78 is 38.5. The molecule has 4 saturated carbocycles. The van der Waals surface area contributed by atoms with Crippen LogP contribution < -0.4 is 16.5 Å². The fourth-order valence-corrected chi connectivity index (χ4v) is 6.28. The van der Waals surface area contributed by atoms with Gasteiger partial charge in [-0.05, 0) is 63.2 Å². The number of alkyl halides is 3. The second-order valence-corrected chi connectivity index (χ2v) is 9.88. The second kappa shape index (κ2) is 7.06. The third-order valence-electron chi connectivity index (χ3n) is 6.22. The number of carbonyl (C=O) groups is 2. The summed E-state index contributed by atoms with van der Waals surface area (Å²) >= 11 is 0.699. The SMILES string of the molecule is CC(Sc1nnc(C(F)(F)F)n1N)C(=O)NC(=O)NC12CC3CC(CC(C3)C1)C2. The number of rotatable bonds is 4. The van der Waals surface area contributed by atoms with Crippen LogP contribution in [-0.2, 0) is 11.0 Å². The monoisotopic (exact) mass is 432 g/mol. The summed E-state index contributed by atoms with van der Waals surface area (Å²) in [6, 6.07) is -0.561. The van der Waals surface area contributed by atoms with Crippen LogP contribution in [0, 0.1) is 17.8 Å². The number of aromatic nitrogens is 3. The summed E-state index contributed by atoms with van der Waals surface area (Å²) in [5.41, 5.74) is -0.242. The van der Waals surface area contributed by atoms with Gasteiger partial charge in [-0.15, -0.1) is 10.2 Å². The summed E-state index contributed by atoms with van der Waals surface area (Å²) in [4.78, 5) is 24.8. The summed E-state index contributed by atoms with van der Waals surface area (Å²) in [6.45, 7) is 1.46. The molecule has 4 N–H and O–H groups in total. The molecule has 12 heteroatoms. The molecule has 1 heterocycles. The molecule has 4 fully saturated rings. The third-order valence-corrected chi connectivity index (χ3v) is 7.28. The second-order valence-electron chi connectivity index (χ2n) is 8.58. The lowest BCUT2D eigenvalue weighted by Crippen LogP contribution is -2.62. The highest BCUT2D eigenvalue weighted by atomic mass is 32.2. The first-order valence-corrected chi connectivity index (χ1v) is 10.5. The first-order valence-electron chi connectivity index (χ1n) is 9.62. The number of halogens is 3. The Balaban J connectivity index is 1.33. The molecule has 5 rings (SSSR count). The first-order chi connectivity index (χ1) is 13.5. The Bertz CT molecular complexity index is 791.